The first-order valence-electron chi connectivity index (χ1n) is 18.1. The van der Waals surface area contributed by atoms with Crippen molar-refractivity contribution in [2.24, 2.45) is 7.05 Å². The molecule has 280 valence electrons. The third kappa shape index (κ3) is 7.51. The second-order valence-electron chi connectivity index (χ2n) is 14.0. The monoisotopic (exact) mass is 769 g/mol. The number of hydrogen-bond donors (Lipinski definition) is 2. The van der Waals surface area contributed by atoms with Crippen molar-refractivity contribution in [1.82, 2.24) is 44.5 Å². The average molecular weight is 770 g/mol. The Morgan fingerprint density at radius 1 is 0.907 bits per heavy atom. The molecule has 2 N–H and O–H groups in total. The summed E-state index contributed by atoms with van der Waals surface area (Å²) >= 11 is 5.88. The van der Waals surface area contributed by atoms with E-state index in [2.05, 4.69) is 52.9 Å². The zero-order chi connectivity index (χ0) is 37.4. The first kappa shape index (κ1) is 36.0. The van der Waals surface area contributed by atoms with Crippen LogP contribution in [0.25, 0.3) is 22.2 Å². The van der Waals surface area contributed by atoms with Crippen molar-refractivity contribution < 1.29 is 18.0 Å². The van der Waals surface area contributed by atoms with Gasteiger partial charge in [-0.25, -0.2) is 23.2 Å². The van der Waals surface area contributed by atoms with E-state index in [1.165, 1.54) is 27.2 Å². The lowest BCUT2D eigenvalue weighted by Crippen LogP contribution is -2.49. The van der Waals surface area contributed by atoms with Crippen molar-refractivity contribution in [3.05, 3.63) is 83.3 Å². The van der Waals surface area contributed by atoms with Crippen LogP contribution in [0.3, 0.4) is 0 Å². The number of amides is 3. The summed E-state index contributed by atoms with van der Waals surface area (Å²) in [5, 5.41) is 20.6. The number of imide groups is 1. The number of benzene rings is 2. The molecule has 3 amide bonds. The Morgan fingerprint density at radius 3 is 2.41 bits per heavy atom. The number of sulfonamides is 1. The number of hydrogen-bond acceptors (Lipinski definition) is 11. The topological polar surface area (TPSA) is 171 Å². The van der Waals surface area contributed by atoms with Crippen LogP contribution in [0, 0.1) is 0 Å². The minimum absolute atomic E-state index is 0.0637. The Morgan fingerprint density at radius 2 is 1.69 bits per heavy atom. The molecule has 0 aliphatic carbocycles. The standard InChI is InChI=1S/C37H40ClN11O4S/c1-46-33-20-25(5-7-31(33)35(45-46)49-18-13-34(50)42-37(49)51)24-9-14-47(15-10-24)23-29-6-8-32(44-43-29)26-3-2-4-30(19-26)54(52,53)48-16-11-28(12-17-48)41-36-39-21-27(38)22-40-36/h2-8,19-22,24,28H,9-18,23H2,1H3,(H,39,40,41)(H,42,50,51). The molecule has 0 atom stereocenters. The number of rotatable bonds is 9. The molecule has 17 heteroatoms. The minimum Gasteiger partial charge on any atom is -0.351 e. The maximum absolute atomic E-state index is 13.6. The number of piperidine rings is 2. The minimum atomic E-state index is -3.70. The van der Waals surface area contributed by atoms with E-state index in [1.807, 2.05) is 31.3 Å². The summed E-state index contributed by atoms with van der Waals surface area (Å²) in [5.41, 5.74) is 4.36. The molecule has 15 nitrogen and oxygen atoms in total. The first-order valence-corrected chi connectivity index (χ1v) is 19.9. The molecular formula is C37H40ClN11O4S. The van der Waals surface area contributed by atoms with Gasteiger partial charge in [0.05, 0.1) is 39.2 Å². The fourth-order valence-electron chi connectivity index (χ4n) is 7.50. The van der Waals surface area contributed by atoms with Gasteiger partial charge >= 0.3 is 6.03 Å². The third-order valence-corrected chi connectivity index (χ3v) is 12.6. The smallest absolute Gasteiger partial charge is 0.329 e. The van der Waals surface area contributed by atoms with E-state index in [0.717, 1.165) is 42.5 Å². The molecule has 3 aliphatic heterocycles. The van der Waals surface area contributed by atoms with E-state index >= 15 is 0 Å². The average Bonchev–Trinajstić information content (AvgIpc) is 3.51. The molecule has 0 radical (unpaired) electrons. The predicted octanol–water partition coefficient (Wildman–Crippen LogP) is 4.56. The quantitative estimate of drug-likeness (QED) is 0.215. The molecule has 0 unspecified atom stereocenters. The van der Waals surface area contributed by atoms with Crippen LogP contribution in [0.1, 0.15) is 49.3 Å². The first-order chi connectivity index (χ1) is 26.1. The molecule has 0 bridgehead atoms. The fraction of sp³-hybridized carbons (Fsp3) is 0.378. The van der Waals surface area contributed by atoms with Gasteiger partial charge in [0.25, 0.3) is 0 Å². The van der Waals surface area contributed by atoms with Gasteiger partial charge in [-0.3, -0.25) is 24.6 Å². The number of anilines is 2. The Balaban J connectivity index is 0.855. The maximum Gasteiger partial charge on any atom is 0.329 e. The van der Waals surface area contributed by atoms with Gasteiger partial charge in [0.15, 0.2) is 5.82 Å². The summed E-state index contributed by atoms with van der Waals surface area (Å²) in [5.74, 6) is 1.17. The number of carbonyl (C=O) groups is 2. The Bertz CT molecular complexity index is 2290. The van der Waals surface area contributed by atoms with E-state index in [0.29, 0.717) is 73.0 Å². The second kappa shape index (κ2) is 15.0. The summed E-state index contributed by atoms with van der Waals surface area (Å²) in [6.45, 7) is 3.57. The van der Waals surface area contributed by atoms with E-state index in [4.69, 9.17) is 11.6 Å². The van der Waals surface area contributed by atoms with Gasteiger partial charge in [-0.2, -0.15) is 19.6 Å². The maximum atomic E-state index is 13.6. The Kier molecular flexibility index (Phi) is 10.00. The van der Waals surface area contributed by atoms with Crippen LogP contribution in [0.4, 0.5) is 16.6 Å². The van der Waals surface area contributed by atoms with Crippen molar-refractivity contribution in [3.63, 3.8) is 0 Å². The molecule has 6 heterocycles. The number of fused-ring (bicyclic) bond motifs is 1. The fourth-order valence-corrected chi connectivity index (χ4v) is 9.12. The highest BCUT2D eigenvalue weighted by Crippen LogP contribution is 2.34. The lowest BCUT2D eigenvalue weighted by atomic mass is 9.89. The number of aromatic nitrogens is 6. The van der Waals surface area contributed by atoms with Crippen LogP contribution in [0.5, 0.6) is 0 Å². The summed E-state index contributed by atoms with van der Waals surface area (Å²) in [7, 11) is -1.82. The zero-order valence-electron chi connectivity index (χ0n) is 29.7. The van der Waals surface area contributed by atoms with Gasteiger partial charge in [-0.15, -0.1) is 0 Å². The van der Waals surface area contributed by atoms with Gasteiger partial charge < -0.3 is 5.32 Å². The lowest BCUT2D eigenvalue weighted by molar-refractivity contribution is -0.120. The molecule has 2 aromatic carbocycles. The predicted molar refractivity (Wildman–Crippen MR) is 203 cm³/mol. The highest BCUT2D eigenvalue weighted by molar-refractivity contribution is 7.89. The molecule has 8 rings (SSSR count). The number of likely N-dealkylation sites (tertiary alicyclic amines) is 1. The number of aryl methyl sites for hydroxylation is 1. The van der Waals surface area contributed by atoms with Crippen molar-refractivity contribution in [2.45, 2.75) is 55.5 Å². The summed E-state index contributed by atoms with van der Waals surface area (Å²) in [6, 6.07) is 16.7. The van der Waals surface area contributed by atoms with Gasteiger partial charge in [-0.1, -0.05) is 29.8 Å². The number of urea groups is 1. The number of nitrogens with one attached hydrogen (secondary N) is 2. The molecule has 3 fully saturated rings. The summed E-state index contributed by atoms with van der Waals surface area (Å²) in [6.07, 6.45) is 6.55. The number of halogens is 1. The third-order valence-electron chi connectivity index (χ3n) is 10.5. The van der Waals surface area contributed by atoms with Crippen molar-refractivity contribution in [2.75, 3.05) is 42.9 Å². The summed E-state index contributed by atoms with van der Waals surface area (Å²) in [4.78, 5) is 36.6. The van der Waals surface area contributed by atoms with Gasteiger partial charge in [-0.05, 0) is 86.7 Å². The van der Waals surface area contributed by atoms with Crippen LogP contribution in [-0.2, 0) is 28.4 Å². The summed E-state index contributed by atoms with van der Waals surface area (Å²) < 4.78 is 30.6. The van der Waals surface area contributed by atoms with Crippen LogP contribution in [0.15, 0.2) is 71.9 Å². The molecule has 0 saturated carbocycles. The van der Waals surface area contributed by atoms with Crippen molar-refractivity contribution >= 4 is 56.2 Å². The van der Waals surface area contributed by atoms with Crippen molar-refractivity contribution in [1.29, 1.82) is 0 Å². The van der Waals surface area contributed by atoms with Gasteiger partial charge in [0.2, 0.25) is 21.9 Å². The van der Waals surface area contributed by atoms with Gasteiger partial charge in [0, 0.05) is 56.6 Å². The highest BCUT2D eigenvalue weighted by Gasteiger charge is 2.31. The largest absolute Gasteiger partial charge is 0.351 e. The highest BCUT2D eigenvalue weighted by atomic mass is 35.5. The Hall–Kier alpha value is -5.03. The molecule has 54 heavy (non-hydrogen) atoms. The van der Waals surface area contributed by atoms with E-state index in [1.54, 1.807) is 22.9 Å². The van der Waals surface area contributed by atoms with E-state index < -0.39 is 16.1 Å². The van der Waals surface area contributed by atoms with Crippen LogP contribution in [0.2, 0.25) is 5.02 Å². The molecule has 3 aliphatic rings. The molecule has 5 aromatic rings. The molecular weight excluding hydrogens is 730 g/mol. The Labute approximate surface area is 317 Å². The van der Waals surface area contributed by atoms with Crippen LogP contribution in [-0.4, -0.2) is 98.3 Å². The number of carbonyl (C=O) groups excluding carboxylic acids is 2. The van der Waals surface area contributed by atoms with Crippen LogP contribution >= 0.6 is 11.6 Å². The zero-order valence-corrected chi connectivity index (χ0v) is 31.3. The SMILES string of the molecule is Cn1nc(N2CCC(=O)NC2=O)c2ccc(C3CCN(Cc4ccc(-c5cccc(S(=O)(=O)N6CCC(Nc7ncc(Cl)cn7)CC6)c5)nn4)CC3)cc21. The van der Waals surface area contributed by atoms with E-state index in [9.17, 15) is 18.0 Å². The normalized spacial score (nSPS) is 18.3. The van der Waals surface area contributed by atoms with Crippen LogP contribution < -0.4 is 15.5 Å². The van der Waals surface area contributed by atoms with E-state index in [-0.39, 0.29) is 23.3 Å². The molecule has 3 saturated heterocycles. The molecule has 3 aromatic heterocycles. The second-order valence-corrected chi connectivity index (χ2v) is 16.4. The lowest BCUT2D eigenvalue weighted by Gasteiger charge is -2.32. The molecule has 0 spiro atoms. The van der Waals surface area contributed by atoms with Gasteiger partial charge in [0.1, 0.15) is 0 Å². The number of nitrogens with zero attached hydrogens (tertiary/aromatic N) is 9. The van der Waals surface area contributed by atoms with Crippen molar-refractivity contribution in [3.8, 4) is 11.3 Å².